The molecule has 6 heteroatoms. The van der Waals surface area contributed by atoms with E-state index in [-0.39, 0.29) is 11.6 Å². The number of aromatic nitrogens is 1. The van der Waals surface area contributed by atoms with Crippen molar-refractivity contribution in [2.75, 3.05) is 6.61 Å². The number of benzene rings is 3. The van der Waals surface area contributed by atoms with Crippen LogP contribution in [0.1, 0.15) is 0 Å². The van der Waals surface area contributed by atoms with Crippen molar-refractivity contribution in [3.05, 3.63) is 70.6 Å². The van der Waals surface area contributed by atoms with Crippen LogP contribution in [-0.2, 0) is 6.54 Å². The second-order valence-electron chi connectivity index (χ2n) is 5.90. The van der Waals surface area contributed by atoms with Crippen LogP contribution < -0.4 is 4.74 Å². The zero-order valence-corrected chi connectivity index (χ0v) is 14.5. The van der Waals surface area contributed by atoms with Crippen LogP contribution in [0.25, 0.3) is 21.7 Å². The Balaban J connectivity index is 1.63. The number of ether oxygens (including phenoxy) is 1. The van der Waals surface area contributed by atoms with Gasteiger partial charge in [-0.3, -0.25) is 0 Å². The molecule has 0 bridgehead atoms. The van der Waals surface area contributed by atoms with Gasteiger partial charge in [0.05, 0.1) is 12.1 Å². The maximum atomic E-state index is 11.1. The highest BCUT2D eigenvalue weighted by molar-refractivity contribution is 6.31. The molecule has 0 spiro atoms. The first kappa shape index (κ1) is 16.4. The Bertz CT molecular complexity index is 1120. The average molecular weight is 367 g/mol. The summed E-state index contributed by atoms with van der Waals surface area (Å²) in [5, 5.41) is 16.5. The average Bonchev–Trinajstić information content (AvgIpc) is 2.92. The summed E-state index contributed by atoms with van der Waals surface area (Å²) in [7, 11) is 0. The van der Waals surface area contributed by atoms with Crippen molar-refractivity contribution in [3.63, 3.8) is 0 Å². The predicted molar refractivity (Wildman–Crippen MR) is 104 cm³/mol. The highest BCUT2D eigenvalue weighted by Crippen LogP contribution is 2.39. The van der Waals surface area contributed by atoms with Gasteiger partial charge in [0.2, 0.25) is 5.88 Å². The summed E-state index contributed by atoms with van der Waals surface area (Å²) in [6, 6.07) is 18.9. The van der Waals surface area contributed by atoms with Gasteiger partial charge in [0.15, 0.2) is 5.69 Å². The fraction of sp³-hybridized carbons (Fsp3) is 0.100. The summed E-state index contributed by atoms with van der Waals surface area (Å²) in [6.07, 6.45) is 0. The molecule has 0 unspecified atom stereocenters. The Hall–Kier alpha value is -3.05. The number of aromatic hydroxyl groups is 1. The molecule has 0 aliphatic carbocycles. The van der Waals surface area contributed by atoms with Crippen LogP contribution in [0.2, 0.25) is 5.02 Å². The van der Waals surface area contributed by atoms with E-state index in [0.717, 1.165) is 16.5 Å². The molecule has 4 rings (SSSR count). The molecule has 0 atom stereocenters. The number of nitroso groups, excluding NO2 is 1. The van der Waals surface area contributed by atoms with Gasteiger partial charge in [-0.2, -0.15) is 0 Å². The number of rotatable bonds is 5. The van der Waals surface area contributed by atoms with Crippen LogP contribution in [0.4, 0.5) is 5.69 Å². The SMILES string of the molecule is O=Nc1c(O)n(CCOc2cccc3ccccc23)c2cc(Cl)ccc12. The molecule has 0 aliphatic rings. The van der Waals surface area contributed by atoms with Crippen LogP contribution in [-0.4, -0.2) is 16.3 Å². The molecule has 1 N–H and O–H groups in total. The largest absolute Gasteiger partial charge is 0.493 e. The fourth-order valence-corrected chi connectivity index (χ4v) is 3.34. The minimum atomic E-state index is -0.182. The molecule has 0 fully saturated rings. The second kappa shape index (κ2) is 6.69. The lowest BCUT2D eigenvalue weighted by Gasteiger charge is -2.11. The van der Waals surface area contributed by atoms with E-state index >= 15 is 0 Å². The third-order valence-corrected chi connectivity index (χ3v) is 4.62. The molecule has 3 aromatic carbocycles. The van der Waals surface area contributed by atoms with Crippen molar-refractivity contribution in [1.82, 2.24) is 4.57 Å². The fourth-order valence-electron chi connectivity index (χ4n) is 3.18. The van der Waals surface area contributed by atoms with E-state index in [1.165, 1.54) is 0 Å². The minimum absolute atomic E-state index is 0.0156. The summed E-state index contributed by atoms with van der Waals surface area (Å²) in [5.41, 5.74) is 0.660. The molecule has 5 nitrogen and oxygen atoms in total. The molecule has 0 amide bonds. The van der Waals surface area contributed by atoms with Crippen molar-refractivity contribution in [3.8, 4) is 11.6 Å². The maximum Gasteiger partial charge on any atom is 0.222 e. The quantitative estimate of drug-likeness (QED) is 0.465. The number of nitrogens with zero attached hydrogens (tertiary/aromatic N) is 2. The lowest BCUT2D eigenvalue weighted by molar-refractivity contribution is 0.293. The molecular weight excluding hydrogens is 352 g/mol. The number of hydrogen-bond donors (Lipinski definition) is 1. The van der Waals surface area contributed by atoms with E-state index in [1.807, 2.05) is 42.5 Å². The maximum absolute atomic E-state index is 11.1. The Morgan fingerprint density at radius 3 is 2.69 bits per heavy atom. The Morgan fingerprint density at radius 1 is 1.04 bits per heavy atom. The summed E-state index contributed by atoms with van der Waals surface area (Å²) in [6.45, 7) is 0.664. The number of fused-ring (bicyclic) bond motifs is 2. The van der Waals surface area contributed by atoms with Crippen molar-refractivity contribution < 1.29 is 9.84 Å². The third-order valence-electron chi connectivity index (χ3n) is 4.39. The molecule has 1 aromatic heterocycles. The van der Waals surface area contributed by atoms with Crippen LogP contribution in [0.15, 0.2) is 65.8 Å². The van der Waals surface area contributed by atoms with Gasteiger partial charge in [0, 0.05) is 15.8 Å². The second-order valence-corrected chi connectivity index (χ2v) is 6.34. The van der Waals surface area contributed by atoms with Gasteiger partial charge < -0.3 is 14.4 Å². The van der Waals surface area contributed by atoms with E-state index in [4.69, 9.17) is 16.3 Å². The van der Waals surface area contributed by atoms with E-state index in [9.17, 15) is 10.0 Å². The van der Waals surface area contributed by atoms with Gasteiger partial charge in [-0.05, 0) is 34.8 Å². The molecule has 1 heterocycles. The predicted octanol–water partition coefficient (Wildman–Crippen LogP) is 5.63. The highest BCUT2D eigenvalue weighted by atomic mass is 35.5. The van der Waals surface area contributed by atoms with Gasteiger partial charge in [-0.1, -0.05) is 48.0 Å². The standard InChI is InChI=1S/C20H15ClN2O3/c21-14-8-9-16-17(12-14)23(20(24)19(16)22-25)10-11-26-18-7-3-5-13-4-1-2-6-15(13)18/h1-9,12,24H,10-11H2. The smallest absolute Gasteiger partial charge is 0.222 e. The highest BCUT2D eigenvalue weighted by Gasteiger charge is 2.17. The van der Waals surface area contributed by atoms with Crippen molar-refractivity contribution >= 4 is 39.0 Å². The van der Waals surface area contributed by atoms with Gasteiger partial charge in [0.25, 0.3) is 0 Å². The molecule has 0 aliphatic heterocycles. The monoisotopic (exact) mass is 366 g/mol. The van der Waals surface area contributed by atoms with Gasteiger partial charge in [-0.15, -0.1) is 4.91 Å². The lowest BCUT2D eigenvalue weighted by Crippen LogP contribution is -2.08. The van der Waals surface area contributed by atoms with Crippen LogP contribution in [0.5, 0.6) is 11.6 Å². The number of halogens is 1. The zero-order chi connectivity index (χ0) is 18.1. The molecule has 0 radical (unpaired) electrons. The Kier molecular flexibility index (Phi) is 4.22. The normalized spacial score (nSPS) is 11.1. The van der Waals surface area contributed by atoms with Crippen molar-refractivity contribution in [1.29, 1.82) is 0 Å². The zero-order valence-electron chi connectivity index (χ0n) is 13.7. The van der Waals surface area contributed by atoms with E-state index in [0.29, 0.717) is 29.1 Å². The molecule has 4 aromatic rings. The van der Waals surface area contributed by atoms with Gasteiger partial charge >= 0.3 is 0 Å². The van der Waals surface area contributed by atoms with E-state index in [1.54, 1.807) is 22.8 Å². The van der Waals surface area contributed by atoms with Gasteiger partial charge in [-0.25, -0.2) is 0 Å². The van der Waals surface area contributed by atoms with E-state index < -0.39 is 0 Å². The lowest BCUT2D eigenvalue weighted by atomic mass is 10.1. The summed E-state index contributed by atoms with van der Waals surface area (Å²) in [5.74, 6) is 0.588. The minimum Gasteiger partial charge on any atom is -0.493 e. The van der Waals surface area contributed by atoms with Crippen LogP contribution >= 0.6 is 11.6 Å². The first-order valence-corrected chi connectivity index (χ1v) is 8.51. The summed E-state index contributed by atoms with van der Waals surface area (Å²) in [4.78, 5) is 11.1. The summed E-state index contributed by atoms with van der Waals surface area (Å²) < 4.78 is 7.51. The first-order chi connectivity index (χ1) is 12.7. The van der Waals surface area contributed by atoms with Crippen LogP contribution in [0, 0.1) is 4.91 Å². The topological polar surface area (TPSA) is 63.8 Å². The molecule has 0 saturated heterocycles. The molecular formula is C20H15ClN2O3. The Labute approximate surface area is 154 Å². The number of hydrogen-bond acceptors (Lipinski definition) is 4. The third kappa shape index (κ3) is 2.76. The first-order valence-electron chi connectivity index (χ1n) is 8.13. The van der Waals surface area contributed by atoms with E-state index in [2.05, 4.69) is 5.18 Å². The molecule has 0 saturated carbocycles. The molecule has 26 heavy (non-hydrogen) atoms. The van der Waals surface area contributed by atoms with Crippen molar-refractivity contribution in [2.24, 2.45) is 5.18 Å². The van der Waals surface area contributed by atoms with Crippen LogP contribution in [0.3, 0.4) is 0 Å². The van der Waals surface area contributed by atoms with Crippen molar-refractivity contribution in [2.45, 2.75) is 6.54 Å². The summed E-state index contributed by atoms with van der Waals surface area (Å²) >= 11 is 6.06. The Morgan fingerprint density at radius 2 is 1.85 bits per heavy atom. The molecule has 130 valence electrons. The van der Waals surface area contributed by atoms with Gasteiger partial charge in [0.1, 0.15) is 12.4 Å².